The Kier molecular flexibility index (Phi) is 5.36. The van der Waals surface area contributed by atoms with Crippen LogP contribution in [0.3, 0.4) is 0 Å². The minimum absolute atomic E-state index is 0.0271. The molecule has 1 atom stereocenters. The van der Waals surface area contributed by atoms with Crippen molar-refractivity contribution in [2.45, 2.75) is 24.7 Å². The van der Waals surface area contributed by atoms with Crippen LogP contribution in [-0.4, -0.2) is 32.6 Å². The Balaban J connectivity index is 2.01. The van der Waals surface area contributed by atoms with Gasteiger partial charge in [0, 0.05) is 13.1 Å². The van der Waals surface area contributed by atoms with Gasteiger partial charge < -0.3 is 10.0 Å². The SMILES string of the molecule is CC1CCCN(c2ccc(C(=O)O)cc2NS(=O)(=O)c2cccc(F)c2)C1. The van der Waals surface area contributed by atoms with E-state index >= 15 is 0 Å². The topological polar surface area (TPSA) is 86.7 Å². The predicted molar refractivity (Wildman–Crippen MR) is 101 cm³/mol. The fourth-order valence-corrected chi connectivity index (χ4v) is 4.37. The van der Waals surface area contributed by atoms with Crippen LogP contribution >= 0.6 is 0 Å². The number of carbonyl (C=O) groups is 1. The third-order valence-electron chi connectivity index (χ3n) is 4.59. The van der Waals surface area contributed by atoms with Crippen LogP contribution in [0.4, 0.5) is 15.8 Å². The van der Waals surface area contributed by atoms with E-state index in [0.29, 0.717) is 11.6 Å². The van der Waals surface area contributed by atoms with Crippen molar-refractivity contribution in [2.24, 2.45) is 5.92 Å². The molecule has 0 saturated carbocycles. The third kappa shape index (κ3) is 4.39. The number of nitrogens with zero attached hydrogens (tertiary/aromatic N) is 1. The zero-order valence-corrected chi connectivity index (χ0v) is 15.7. The van der Waals surface area contributed by atoms with Gasteiger partial charge in [-0.3, -0.25) is 4.72 Å². The fraction of sp³-hybridized carbons (Fsp3) is 0.316. The highest BCUT2D eigenvalue weighted by Gasteiger charge is 2.23. The summed E-state index contributed by atoms with van der Waals surface area (Å²) in [6.07, 6.45) is 2.06. The monoisotopic (exact) mass is 392 g/mol. The molecule has 1 unspecified atom stereocenters. The van der Waals surface area contributed by atoms with Gasteiger partial charge in [-0.2, -0.15) is 0 Å². The van der Waals surface area contributed by atoms with Gasteiger partial charge >= 0.3 is 5.97 Å². The molecule has 0 spiro atoms. The smallest absolute Gasteiger partial charge is 0.335 e. The normalized spacial score (nSPS) is 17.6. The lowest BCUT2D eigenvalue weighted by Gasteiger charge is -2.34. The average Bonchev–Trinajstić information content (AvgIpc) is 2.61. The highest BCUT2D eigenvalue weighted by Crippen LogP contribution is 2.32. The van der Waals surface area contributed by atoms with Crippen LogP contribution in [0.25, 0.3) is 0 Å². The number of hydrogen-bond donors (Lipinski definition) is 2. The maximum absolute atomic E-state index is 13.4. The lowest BCUT2D eigenvalue weighted by molar-refractivity contribution is 0.0697. The zero-order chi connectivity index (χ0) is 19.6. The van der Waals surface area contributed by atoms with Crippen molar-refractivity contribution >= 4 is 27.4 Å². The molecule has 144 valence electrons. The molecule has 0 amide bonds. The lowest BCUT2D eigenvalue weighted by Crippen LogP contribution is -2.35. The highest BCUT2D eigenvalue weighted by atomic mass is 32.2. The van der Waals surface area contributed by atoms with E-state index in [-0.39, 0.29) is 16.1 Å². The van der Waals surface area contributed by atoms with Crippen molar-refractivity contribution in [1.82, 2.24) is 0 Å². The van der Waals surface area contributed by atoms with Crippen molar-refractivity contribution in [2.75, 3.05) is 22.7 Å². The number of benzene rings is 2. The molecular weight excluding hydrogens is 371 g/mol. The molecular formula is C19H21FN2O4S. The maximum Gasteiger partial charge on any atom is 0.335 e. The van der Waals surface area contributed by atoms with Crippen molar-refractivity contribution in [1.29, 1.82) is 0 Å². The molecule has 0 radical (unpaired) electrons. The number of hydrogen-bond acceptors (Lipinski definition) is 4. The first-order chi connectivity index (χ1) is 12.8. The first kappa shape index (κ1) is 19.2. The van der Waals surface area contributed by atoms with E-state index < -0.39 is 21.8 Å². The minimum Gasteiger partial charge on any atom is -0.478 e. The summed E-state index contributed by atoms with van der Waals surface area (Å²) in [7, 11) is -4.06. The minimum atomic E-state index is -4.06. The van der Waals surface area contributed by atoms with E-state index in [1.165, 1.54) is 24.3 Å². The van der Waals surface area contributed by atoms with Crippen molar-refractivity contribution in [3.05, 3.63) is 53.8 Å². The molecule has 0 bridgehead atoms. The number of aromatic carboxylic acids is 1. The molecule has 8 heteroatoms. The Labute approximate surface area is 157 Å². The van der Waals surface area contributed by atoms with Gasteiger partial charge in [-0.05, 0) is 55.2 Å². The second kappa shape index (κ2) is 7.56. The number of nitrogens with one attached hydrogen (secondary N) is 1. The summed E-state index contributed by atoms with van der Waals surface area (Å²) in [6, 6.07) is 9.05. The summed E-state index contributed by atoms with van der Waals surface area (Å²) in [5, 5.41) is 9.26. The summed E-state index contributed by atoms with van der Waals surface area (Å²) in [6.45, 7) is 3.63. The molecule has 2 N–H and O–H groups in total. The Hall–Kier alpha value is -2.61. The van der Waals surface area contributed by atoms with Gasteiger partial charge in [-0.25, -0.2) is 17.6 Å². The second-order valence-electron chi connectivity index (χ2n) is 6.79. The average molecular weight is 392 g/mol. The van der Waals surface area contributed by atoms with E-state index in [2.05, 4.69) is 11.6 Å². The fourth-order valence-electron chi connectivity index (χ4n) is 3.27. The molecule has 27 heavy (non-hydrogen) atoms. The summed E-state index contributed by atoms with van der Waals surface area (Å²) < 4.78 is 41.3. The summed E-state index contributed by atoms with van der Waals surface area (Å²) in [5.41, 5.74) is 0.764. The zero-order valence-electron chi connectivity index (χ0n) is 14.9. The number of piperidine rings is 1. The Morgan fingerprint density at radius 2 is 2.04 bits per heavy atom. The molecule has 0 aliphatic carbocycles. The molecule has 2 aromatic rings. The first-order valence-corrected chi connectivity index (χ1v) is 10.2. The molecule has 1 saturated heterocycles. The summed E-state index contributed by atoms with van der Waals surface area (Å²) in [4.78, 5) is 13.2. The second-order valence-corrected chi connectivity index (χ2v) is 8.48. The maximum atomic E-state index is 13.4. The van der Waals surface area contributed by atoms with Gasteiger partial charge in [-0.1, -0.05) is 13.0 Å². The van der Waals surface area contributed by atoms with E-state index in [0.717, 1.165) is 38.1 Å². The van der Waals surface area contributed by atoms with Crippen LogP contribution in [0.1, 0.15) is 30.1 Å². The Bertz CT molecular complexity index is 962. The van der Waals surface area contributed by atoms with Crippen molar-refractivity contribution < 1.29 is 22.7 Å². The van der Waals surface area contributed by atoms with Crippen LogP contribution in [-0.2, 0) is 10.0 Å². The van der Waals surface area contributed by atoms with Gasteiger partial charge in [0.1, 0.15) is 5.82 Å². The quantitative estimate of drug-likeness (QED) is 0.812. The van der Waals surface area contributed by atoms with Gasteiger partial charge in [-0.15, -0.1) is 0 Å². The van der Waals surface area contributed by atoms with Crippen molar-refractivity contribution in [3.63, 3.8) is 0 Å². The Morgan fingerprint density at radius 1 is 1.26 bits per heavy atom. The molecule has 3 rings (SSSR count). The third-order valence-corrected chi connectivity index (χ3v) is 5.96. The predicted octanol–water partition coefficient (Wildman–Crippen LogP) is 3.56. The van der Waals surface area contributed by atoms with E-state index in [4.69, 9.17) is 0 Å². The molecule has 6 nitrogen and oxygen atoms in total. The van der Waals surface area contributed by atoms with Gasteiger partial charge in [0.25, 0.3) is 10.0 Å². The van der Waals surface area contributed by atoms with E-state index in [1.54, 1.807) is 6.07 Å². The standard InChI is InChI=1S/C19H21FN2O4S/c1-13-4-3-9-22(12-13)18-8-7-14(19(23)24)10-17(18)21-27(25,26)16-6-2-5-15(20)11-16/h2,5-8,10-11,13,21H,3-4,9,12H2,1H3,(H,23,24). The molecule has 2 aromatic carbocycles. The van der Waals surface area contributed by atoms with Gasteiger partial charge in [0.2, 0.25) is 0 Å². The lowest BCUT2D eigenvalue weighted by atomic mass is 9.99. The number of anilines is 2. The van der Waals surface area contributed by atoms with Crippen LogP contribution in [0, 0.1) is 11.7 Å². The Morgan fingerprint density at radius 3 is 2.70 bits per heavy atom. The van der Waals surface area contributed by atoms with Crippen LogP contribution < -0.4 is 9.62 Å². The largest absolute Gasteiger partial charge is 0.478 e. The van der Waals surface area contributed by atoms with Gasteiger partial charge in [0.05, 0.1) is 21.8 Å². The molecule has 1 fully saturated rings. The number of sulfonamides is 1. The molecule has 1 aliphatic heterocycles. The van der Waals surface area contributed by atoms with E-state index in [9.17, 15) is 22.7 Å². The molecule has 1 aliphatic rings. The van der Waals surface area contributed by atoms with Crippen LogP contribution in [0.15, 0.2) is 47.4 Å². The molecule has 1 heterocycles. The number of rotatable bonds is 5. The number of carboxylic acid groups (broad SMARTS) is 1. The van der Waals surface area contributed by atoms with Crippen LogP contribution in [0.2, 0.25) is 0 Å². The van der Waals surface area contributed by atoms with Gasteiger partial charge in [0.15, 0.2) is 0 Å². The first-order valence-electron chi connectivity index (χ1n) is 8.67. The van der Waals surface area contributed by atoms with Crippen LogP contribution in [0.5, 0.6) is 0 Å². The summed E-state index contributed by atoms with van der Waals surface area (Å²) in [5.74, 6) is -1.37. The van der Waals surface area contributed by atoms with Crippen molar-refractivity contribution in [3.8, 4) is 0 Å². The molecule has 0 aromatic heterocycles. The van der Waals surface area contributed by atoms with E-state index in [1.807, 2.05) is 4.90 Å². The summed E-state index contributed by atoms with van der Waals surface area (Å²) >= 11 is 0. The number of carboxylic acids is 1. The number of halogens is 1. The highest BCUT2D eigenvalue weighted by molar-refractivity contribution is 7.92.